The summed E-state index contributed by atoms with van der Waals surface area (Å²) >= 11 is 2.89. The van der Waals surface area contributed by atoms with Crippen LogP contribution >= 0.6 is 23.1 Å². The van der Waals surface area contributed by atoms with Crippen LogP contribution in [0.25, 0.3) is 0 Å². The Balaban J connectivity index is 1.58. The van der Waals surface area contributed by atoms with Gasteiger partial charge in [0.15, 0.2) is 0 Å². The number of benzene rings is 2. The van der Waals surface area contributed by atoms with Crippen LogP contribution in [0, 0.1) is 26.2 Å². The number of allylic oxidation sites excluding steroid dienone is 2. The molecule has 3 N–H and O–H groups in total. The Morgan fingerprint density at radius 1 is 1.06 bits per heavy atom. The highest BCUT2D eigenvalue weighted by Gasteiger charge is 2.34. The first-order chi connectivity index (χ1) is 17.4. The Morgan fingerprint density at radius 2 is 1.83 bits per heavy atom. The number of rotatable bonds is 7. The molecule has 0 saturated carbocycles. The SMILES string of the molecule is C#CC1=C(SCC(=O)Nc2cc(C)ccc2C)NC(C)=C(C(=O)Nc2ccccc2)C1c1cccs1. The minimum atomic E-state index is -0.399. The van der Waals surface area contributed by atoms with Crippen molar-refractivity contribution in [1.29, 1.82) is 0 Å². The molecule has 0 saturated heterocycles. The molecule has 2 heterocycles. The Bertz CT molecular complexity index is 1380. The van der Waals surface area contributed by atoms with Crippen molar-refractivity contribution in [3.05, 3.63) is 104 Å². The molecule has 2 aromatic carbocycles. The molecule has 0 radical (unpaired) electrons. The van der Waals surface area contributed by atoms with Crippen LogP contribution in [-0.4, -0.2) is 17.6 Å². The molecule has 5 nitrogen and oxygen atoms in total. The molecule has 1 atom stereocenters. The lowest BCUT2D eigenvalue weighted by molar-refractivity contribution is -0.114. The zero-order chi connectivity index (χ0) is 25.7. The van der Waals surface area contributed by atoms with Gasteiger partial charge < -0.3 is 16.0 Å². The number of terminal acetylenes is 1. The van der Waals surface area contributed by atoms with E-state index in [1.807, 2.05) is 86.8 Å². The molecule has 3 aromatic rings. The molecule has 1 aliphatic heterocycles. The Labute approximate surface area is 220 Å². The third kappa shape index (κ3) is 5.73. The summed E-state index contributed by atoms with van der Waals surface area (Å²) in [5, 5.41) is 12.0. The number of dihydropyridines is 1. The van der Waals surface area contributed by atoms with Crippen LogP contribution in [0.4, 0.5) is 11.4 Å². The summed E-state index contributed by atoms with van der Waals surface area (Å²) in [5.74, 6) is 2.25. The summed E-state index contributed by atoms with van der Waals surface area (Å²) in [7, 11) is 0. The summed E-state index contributed by atoms with van der Waals surface area (Å²) in [6.45, 7) is 5.82. The van der Waals surface area contributed by atoms with Gasteiger partial charge in [-0.2, -0.15) is 0 Å². The fourth-order valence-electron chi connectivity index (χ4n) is 4.02. The topological polar surface area (TPSA) is 70.2 Å². The number of carbonyl (C=O) groups is 2. The number of amides is 2. The molecule has 1 aliphatic rings. The van der Waals surface area contributed by atoms with Gasteiger partial charge in [0.1, 0.15) is 0 Å². The van der Waals surface area contributed by atoms with E-state index in [0.29, 0.717) is 27.6 Å². The maximum absolute atomic E-state index is 13.4. The number of aryl methyl sites for hydroxylation is 2. The molecule has 0 aliphatic carbocycles. The number of carbonyl (C=O) groups excluding carboxylic acids is 2. The molecule has 7 heteroatoms. The molecule has 0 fully saturated rings. The molecule has 4 rings (SSSR count). The lowest BCUT2D eigenvalue weighted by Crippen LogP contribution is -2.30. The highest BCUT2D eigenvalue weighted by Crippen LogP contribution is 2.42. The zero-order valence-corrected chi connectivity index (χ0v) is 22.0. The van der Waals surface area contributed by atoms with Crippen molar-refractivity contribution >= 4 is 46.3 Å². The van der Waals surface area contributed by atoms with E-state index in [-0.39, 0.29) is 17.6 Å². The van der Waals surface area contributed by atoms with Gasteiger partial charge in [-0.25, -0.2) is 0 Å². The first-order valence-electron chi connectivity index (χ1n) is 11.5. The fourth-order valence-corrected chi connectivity index (χ4v) is 5.76. The molecule has 0 bridgehead atoms. The van der Waals surface area contributed by atoms with Crippen LogP contribution in [0.5, 0.6) is 0 Å². The first-order valence-corrected chi connectivity index (χ1v) is 13.3. The van der Waals surface area contributed by atoms with E-state index in [0.717, 1.165) is 21.7 Å². The van der Waals surface area contributed by atoms with Gasteiger partial charge in [0.05, 0.1) is 16.7 Å². The van der Waals surface area contributed by atoms with Gasteiger partial charge in [-0.3, -0.25) is 9.59 Å². The van der Waals surface area contributed by atoms with Gasteiger partial charge in [-0.1, -0.05) is 54.1 Å². The second-order valence-electron chi connectivity index (χ2n) is 8.47. The standard InChI is InChI=1S/C29H27N3O2S2/c1-5-22-27(24-12-9-15-35-24)26(28(34)31-21-10-7-6-8-11-21)20(4)30-29(22)36-17-25(33)32-23-16-18(2)13-14-19(23)3/h1,6-16,27,30H,17H2,2-4H3,(H,31,34)(H,32,33). The zero-order valence-electron chi connectivity index (χ0n) is 20.3. The predicted octanol–water partition coefficient (Wildman–Crippen LogP) is 6.18. The molecule has 36 heavy (non-hydrogen) atoms. The fraction of sp³-hybridized carbons (Fsp3) is 0.172. The molecule has 2 amide bonds. The van der Waals surface area contributed by atoms with Crippen molar-refractivity contribution in [2.45, 2.75) is 26.7 Å². The van der Waals surface area contributed by atoms with Gasteiger partial charge >= 0.3 is 0 Å². The van der Waals surface area contributed by atoms with E-state index in [4.69, 9.17) is 6.42 Å². The van der Waals surface area contributed by atoms with Crippen molar-refractivity contribution in [3.8, 4) is 12.3 Å². The van der Waals surface area contributed by atoms with E-state index < -0.39 is 5.92 Å². The minimum absolute atomic E-state index is 0.124. The van der Waals surface area contributed by atoms with Crippen molar-refractivity contribution in [2.75, 3.05) is 16.4 Å². The lowest BCUT2D eigenvalue weighted by atomic mass is 9.86. The highest BCUT2D eigenvalue weighted by atomic mass is 32.2. The van der Waals surface area contributed by atoms with Crippen LogP contribution in [0.15, 0.2) is 87.9 Å². The summed E-state index contributed by atoms with van der Waals surface area (Å²) in [4.78, 5) is 27.2. The van der Waals surface area contributed by atoms with E-state index in [1.54, 1.807) is 11.3 Å². The monoisotopic (exact) mass is 513 g/mol. The molecule has 1 unspecified atom stereocenters. The van der Waals surface area contributed by atoms with Gasteiger partial charge in [0.25, 0.3) is 5.91 Å². The normalized spacial score (nSPS) is 15.2. The number of nitrogens with one attached hydrogen (secondary N) is 3. The summed E-state index contributed by atoms with van der Waals surface area (Å²) < 4.78 is 0. The van der Waals surface area contributed by atoms with E-state index in [2.05, 4.69) is 21.9 Å². The smallest absolute Gasteiger partial charge is 0.254 e. The minimum Gasteiger partial charge on any atom is -0.353 e. The number of para-hydroxylation sites is 1. The predicted molar refractivity (Wildman–Crippen MR) is 151 cm³/mol. The summed E-state index contributed by atoms with van der Waals surface area (Å²) in [6.07, 6.45) is 6.01. The van der Waals surface area contributed by atoms with E-state index in [9.17, 15) is 9.59 Å². The number of hydrogen-bond acceptors (Lipinski definition) is 5. The molecule has 1 aromatic heterocycles. The quantitative estimate of drug-likeness (QED) is 0.330. The molecule has 0 spiro atoms. The molecular formula is C29H27N3O2S2. The Hall–Kier alpha value is -3.73. The third-order valence-corrected chi connectivity index (χ3v) is 7.76. The average Bonchev–Trinajstić information content (AvgIpc) is 3.39. The van der Waals surface area contributed by atoms with Crippen LogP contribution in [0.1, 0.15) is 28.8 Å². The first kappa shape index (κ1) is 25.4. The molecular weight excluding hydrogens is 486 g/mol. The number of anilines is 2. The summed E-state index contributed by atoms with van der Waals surface area (Å²) in [6, 6.07) is 19.2. The summed E-state index contributed by atoms with van der Waals surface area (Å²) in [5.41, 5.74) is 5.51. The van der Waals surface area contributed by atoms with Gasteiger partial charge in [-0.15, -0.1) is 17.8 Å². The lowest BCUT2D eigenvalue weighted by Gasteiger charge is -2.29. The number of hydrogen-bond donors (Lipinski definition) is 3. The Morgan fingerprint density at radius 3 is 2.53 bits per heavy atom. The van der Waals surface area contributed by atoms with Crippen molar-refractivity contribution in [3.63, 3.8) is 0 Å². The van der Waals surface area contributed by atoms with Crippen molar-refractivity contribution in [2.24, 2.45) is 0 Å². The maximum Gasteiger partial charge on any atom is 0.254 e. The van der Waals surface area contributed by atoms with Crippen LogP contribution in [0.3, 0.4) is 0 Å². The van der Waals surface area contributed by atoms with Crippen molar-refractivity contribution < 1.29 is 9.59 Å². The number of thioether (sulfide) groups is 1. The Kier molecular flexibility index (Phi) is 7.99. The van der Waals surface area contributed by atoms with Gasteiger partial charge in [0.2, 0.25) is 5.91 Å². The van der Waals surface area contributed by atoms with Crippen molar-refractivity contribution in [1.82, 2.24) is 5.32 Å². The third-order valence-electron chi connectivity index (χ3n) is 5.80. The van der Waals surface area contributed by atoms with E-state index >= 15 is 0 Å². The van der Waals surface area contributed by atoms with Crippen LogP contribution in [0.2, 0.25) is 0 Å². The van der Waals surface area contributed by atoms with Crippen LogP contribution in [-0.2, 0) is 9.59 Å². The highest BCUT2D eigenvalue weighted by molar-refractivity contribution is 8.03. The second-order valence-corrected chi connectivity index (χ2v) is 10.4. The van der Waals surface area contributed by atoms with Crippen LogP contribution < -0.4 is 16.0 Å². The second kappa shape index (κ2) is 11.3. The largest absolute Gasteiger partial charge is 0.353 e. The number of thiophene rings is 1. The van der Waals surface area contributed by atoms with Gasteiger partial charge in [-0.05, 0) is 61.5 Å². The van der Waals surface area contributed by atoms with E-state index in [1.165, 1.54) is 11.8 Å². The molecule has 182 valence electrons. The average molecular weight is 514 g/mol. The van der Waals surface area contributed by atoms with Gasteiger partial charge in [0, 0.05) is 33.1 Å². The maximum atomic E-state index is 13.4.